The average Bonchev–Trinajstić information content (AvgIpc) is 2.84. The zero-order chi connectivity index (χ0) is 22.4. The molecule has 0 saturated heterocycles. The molecule has 3 aromatic carbocycles. The van der Waals surface area contributed by atoms with Gasteiger partial charge in [0.05, 0.1) is 13.2 Å². The van der Waals surface area contributed by atoms with E-state index < -0.39 is 0 Å². The lowest BCUT2D eigenvalue weighted by atomic mass is 9.97. The predicted molar refractivity (Wildman–Crippen MR) is 133 cm³/mol. The average molecular weight is 419 g/mol. The van der Waals surface area contributed by atoms with Crippen molar-refractivity contribution in [2.45, 2.75) is 0 Å². The molecule has 0 heterocycles. The van der Waals surface area contributed by atoms with Crippen LogP contribution >= 0.6 is 0 Å². The number of benzene rings is 3. The highest BCUT2D eigenvalue weighted by Gasteiger charge is 2.05. The van der Waals surface area contributed by atoms with E-state index in [1.807, 2.05) is 85.0 Å². The van der Waals surface area contributed by atoms with E-state index >= 15 is 0 Å². The van der Waals surface area contributed by atoms with Gasteiger partial charge in [-0.2, -0.15) is 0 Å². The first-order chi connectivity index (χ1) is 15.8. The largest absolute Gasteiger partial charge is 0.381 e. The van der Waals surface area contributed by atoms with Crippen LogP contribution in [-0.4, -0.2) is 27.4 Å². The standard InChI is InChI=1S/C30H26O2/c1-31-21-9-15-27-23-30(20-18-26-13-7-4-8-14-26)28(16-10-22-32-2)24-29(27)19-17-25-11-5-3-6-12-25/h3-16,23-24H,21-22H2,1-2H3/b15-9+,16-10+. The molecule has 3 rings (SSSR count). The Hall–Kier alpha value is -3.82. The Morgan fingerprint density at radius 1 is 0.594 bits per heavy atom. The van der Waals surface area contributed by atoms with Crippen molar-refractivity contribution in [3.05, 3.63) is 118 Å². The van der Waals surface area contributed by atoms with E-state index in [4.69, 9.17) is 9.47 Å². The summed E-state index contributed by atoms with van der Waals surface area (Å²) in [5.74, 6) is 13.2. The number of rotatable bonds is 6. The highest BCUT2D eigenvalue weighted by Crippen LogP contribution is 2.20. The van der Waals surface area contributed by atoms with Crippen molar-refractivity contribution in [3.8, 4) is 23.7 Å². The van der Waals surface area contributed by atoms with Gasteiger partial charge in [-0.15, -0.1) is 0 Å². The molecule has 0 aliphatic rings. The van der Waals surface area contributed by atoms with Crippen molar-refractivity contribution in [2.24, 2.45) is 0 Å². The Labute approximate surface area is 191 Å². The fraction of sp³-hybridized carbons (Fsp3) is 0.133. The fourth-order valence-electron chi connectivity index (χ4n) is 2.99. The summed E-state index contributed by atoms with van der Waals surface area (Å²) in [7, 11) is 3.36. The Morgan fingerprint density at radius 2 is 1.00 bits per heavy atom. The SMILES string of the molecule is COC/C=C/c1cc(C#Cc2ccccc2)c(/C=C/COC)cc1C#Cc1ccccc1. The minimum absolute atomic E-state index is 0.534. The van der Waals surface area contributed by atoms with E-state index in [1.54, 1.807) is 14.2 Å². The molecule has 0 amide bonds. The van der Waals surface area contributed by atoms with Gasteiger partial charge in [0.15, 0.2) is 0 Å². The predicted octanol–water partition coefficient (Wildman–Crippen LogP) is 5.81. The van der Waals surface area contributed by atoms with Gasteiger partial charge in [-0.3, -0.25) is 0 Å². The quantitative estimate of drug-likeness (QED) is 0.471. The summed E-state index contributed by atoms with van der Waals surface area (Å²) in [5.41, 5.74) is 5.83. The van der Waals surface area contributed by atoms with Crippen LogP contribution in [0, 0.1) is 23.7 Å². The summed E-state index contributed by atoms with van der Waals surface area (Å²) in [6.07, 6.45) is 8.04. The summed E-state index contributed by atoms with van der Waals surface area (Å²) >= 11 is 0. The normalized spacial score (nSPS) is 10.6. The van der Waals surface area contributed by atoms with Gasteiger partial charge in [-0.25, -0.2) is 0 Å². The van der Waals surface area contributed by atoms with Gasteiger partial charge in [-0.05, 0) is 47.5 Å². The zero-order valence-electron chi connectivity index (χ0n) is 18.5. The van der Waals surface area contributed by atoms with Crippen molar-refractivity contribution in [1.29, 1.82) is 0 Å². The molecule has 32 heavy (non-hydrogen) atoms. The van der Waals surface area contributed by atoms with Crippen molar-refractivity contribution in [3.63, 3.8) is 0 Å². The van der Waals surface area contributed by atoms with E-state index in [0.29, 0.717) is 13.2 Å². The molecule has 0 atom stereocenters. The Bertz CT molecular complexity index is 1080. The summed E-state index contributed by atoms with van der Waals surface area (Å²) < 4.78 is 10.4. The first kappa shape index (κ1) is 22.9. The third-order valence-corrected chi connectivity index (χ3v) is 4.57. The summed E-state index contributed by atoms with van der Waals surface area (Å²) in [4.78, 5) is 0. The molecule has 0 radical (unpaired) electrons. The number of hydrogen-bond acceptors (Lipinski definition) is 2. The monoisotopic (exact) mass is 418 g/mol. The third-order valence-electron chi connectivity index (χ3n) is 4.57. The molecule has 3 aromatic rings. The van der Waals surface area contributed by atoms with E-state index in [9.17, 15) is 0 Å². The molecule has 0 bridgehead atoms. The van der Waals surface area contributed by atoms with Crippen LogP contribution in [0.3, 0.4) is 0 Å². The second-order valence-electron chi connectivity index (χ2n) is 6.97. The maximum Gasteiger partial charge on any atom is 0.0646 e. The Kier molecular flexibility index (Phi) is 9.13. The van der Waals surface area contributed by atoms with Crippen LogP contribution in [0.4, 0.5) is 0 Å². The topological polar surface area (TPSA) is 18.5 Å². The van der Waals surface area contributed by atoms with Crippen LogP contribution in [0.1, 0.15) is 33.4 Å². The third kappa shape index (κ3) is 7.15. The second kappa shape index (κ2) is 12.8. The van der Waals surface area contributed by atoms with E-state index in [2.05, 4.69) is 35.8 Å². The molecule has 0 aliphatic heterocycles. The molecule has 2 nitrogen and oxygen atoms in total. The lowest BCUT2D eigenvalue weighted by Crippen LogP contribution is -1.92. The van der Waals surface area contributed by atoms with E-state index in [0.717, 1.165) is 33.4 Å². The molecule has 0 fully saturated rings. The number of methoxy groups -OCH3 is 2. The van der Waals surface area contributed by atoms with Crippen LogP contribution < -0.4 is 0 Å². The lowest BCUT2D eigenvalue weighted by molar-refractivity contribution is 0.234. The molecule has 2 heteroatoms. The van der Waals surface area contributed by atoms with Crippen molar-refractivity contribution >= 4 is 12.2 Å². The van der Waals surface area contributed by atoms with Gasteiger partial charge >= 0.3 is 0 Å². The maximum absolute atomic E-state index is 5.18. The van der Waals surface area contributed by atoms with Crippen LogP contribution in [0.15, 0.2) is 84.9 Å². The van der Waals surface area contributed by atoms with E-state index in [1.165, 1.54) is 0 Å². The smallest absolute Gasteiger partial charge is 0.0646 e. The van der Waals surface area contributed by atoms with Gasteiger partial charge < -0.3 is 9.47 Å². The van der Waals surface area contributed by atoms with E-state index in [-0.39, 0.29) is 0 Å². The summed E-state index contributed by atoms with van der Waals surface area (Å²) in [5, 5.41) is 0. The van der Waals surface area contributed by atoms with Crippen LogP contribution in [-0.2, 0) is 9.47 Å². The second-order valence-corrected chi connectivity index (χ2v) is 6.97. The fourth-order valence-corrected chi connectivity index (χ4v) is 2.99. The molecule has 0 unspecified atom stereocenters. The minimum atomic E-state index is 0.534. The van der Waals surface area contributed by atoms with Crippen LogP contribution in [0.2, 0.25) is 0 Å². The lowest BCUT2D eigenvalue weighted by Gasteiger charge is -2.06. The molecule has 158 valence electrons. The van der Waals surface area contributed by atoms with Gasteiger partial charge in [0.1, 0.15) is 0 Å². The molecule has 0 saturated carbocycles. The highest BCUT2D eigenvalue weighted by atomic mass is 16.5. The first-order valence-electron chi connectivity index (χ1n) is 10.4. The van der Waals surface area contributed by atoms with Gasteiger partial charge in [0, 0.05) is 36.5 Å². The van der Waals surface area contributed by atoms with Gasteiger partial charge in [0.2, 0.25) is 0 Å². The minimum Gasteiger partial charge on any atom is -0.381 e. The van der Waals surface area contributed by atoms with Crippen molar-refractivity contribution in [2.75, 3.05) is 27.4 Å². The zero-order valence-corrected chi connectivity index (χ0v) is 18.5. The summed E-state index contributed by atoms with van der Waals surface area (Å²) in [6.45, 7) is 1.07. The molecular weight excluding hydrogens is 392 g/mol. The molecule has 0 aromatic heterocycles. The van der Waals surface area contributed by atoms with Gasteiger partial charge in [-0.1, -0.05) is 84.4 Å². The van der Waals surface area contributed by atoms with Crippen LogP contribution in [0.25, 0.3) is 12.2 Å². The highest BCUT2D eigenvalue weighted by molar-refractivity contribution is 5.70. The Balaban J connectivity index is 2.09. The number of ether oxygens (including phenoxy) is 2. The molecule has 0 aliphatic carbocycles. The first-order valence-corrected chi connectivity index (χ1v) is 10.4. The van der Waals surface area contributed by atoms with Crippen LogP contribution in [0.5, 0.6) is 0 Å². The summed E-state index contributed by atoms with van der Waals surface area (Å²) in [6, 6.07) is 24.1. The molecular formula is C30H26O2. The Morgan fingerprint density at radius 3 is 1.38 bits per heavy atom. The van der Waals surface area contributed by atoms with Gasteiger partial charge in [0.25, 0.3) is 0 Å². The number of hydrogen-bond donors (Lipinski definition) is 0. The molecule has 0 N–H and O–H groups in total. The maximum atomic E-state index is 5.18. The van der Waals surface area contributed by atoms with Crippen molar-refractivity contribution < 1.29 is 9.47 Å². The molecule has 0 spiro atoms. The van der Waals surface area contributed by atoms with Crippen molar-refractivity contribution in [1.82, 2.24) is 0 Å².